The molecule has 2 aromatic rings. The molecular weight excluding hydrogens is 256 g/mol. The molecule has 19 heavy (non-hydrogen) atoms. The molecule has 0 unspecified atom stereocenters. The largest absolute Gasteiger partial charge is 0.361 e. The molecule has 0 amide bonds. The van der Waals surface area contributed by atoms with Gasteiger partial charge in [-0.2, -0.15) is 0 Å². The molecule has 2 nitrogen and oxygen atoms in total. The first-order valence-electron chi connectivity index (χ1n) is 7.10. The average Bonchev–Trinajstić information content (AvgIpc) is 2.71. The Morgan fingerprint density at radius 2 is 1.84 bits per heavy atom. The second kappa shape index (κ2) is 5.98. The summed E-state index contributed by atoms with van der Waals surface area (Å²) >= 11 is 6.09. The van der Waals surface area contributed by atoms with E-state index in [0.29, 0.717) is 12.1 Å². The Kier molecular flexibility index (Phi) is 4.54. The van der Waals surface area contributed by atoms with Crippen molar-refractivity contribution in [2.45, 2.75) is 46.2 Å². The van der Waals surface area contributed by atoms with Crippen LogP contribution in [-0.2, 0) is 6.42 Å². The van der Waals surface area contributed by atoms with Gasteiger partial charge in [0.1, 0.15) is 0 Å². The number of hydrogen-bond acceptors (Lipinski definition) is 0. The van der Waals surface area contributed by atoms with Gasteiger partial charge in [0.05, 0.1) is 18.6 Å². The van der Waals surface area contributed by atoms with E-state index in [1.165, 1.54) is 16.5 Å². The Morgan fingerprint density at radius 3 is 2.47 bits per heavy atom. The molecule has 0 saturated carbocycles. The van der Waals surface area contributed by atoms with Gasteiger partial charge in [-0.25, -0.2) is 0 Å². The van der Waals surface area contributed by atoms with Crippen molar-refractivity contribution in [3.05, 3.63) is 35.0 Å². The maximum absolute atomic E-state index is 6.09. The Hall–Kier alpha value is -0.990. The zero-order chi connectivity index (χ0) is 14.0. The highest BCUT2D eigenvalue weighted by Gasteiger charge is 2.17. The molecule has 0 bridgehead atoms. The summed E-state index contributed by atoms with van der Waals surface area (Å²) in [6.07, 6.45) is 3.21. The van der Waals surface area contributed by atoms with Crippen LogP contribution < -0.4 is 4.90 Å². The summed E-state index contributed by atoms with van der Waals surface area (Å²) in [6, 6.07) is 7.37. The Morgan fingerprint density at radius 1 is 1.16 bits per heavy atom. The quantitative estimate of drug-likeness (QED) is 0.839. The van der Waals surface area contributed by atoms with Gasteiger partial charge in [0.15, 0.2) is 0 Å². The van der Waals surface area contributed by atoms with Crippen LogP contribution in [-0.4, -0.2) is 23.6 Å². The van der Waals surface area contributed by atoms with Gasteiger partial charge in [0, 0.05) is 28.5 Å². The van der Waals surface area contributed by atoms with Crippen molar-refractivity contribution >= 4 is 22.5 Å². The van der Waals surface area contributed by atoms with Crippen LogP contribution in [0.25, 0.3) is 10.9 Å². The Labute approximate surface area is 120 Å². The van der Waals surface area contributed by atoms with Crippen molar-refractivity contribution < 1.29 is 4.90 Å². The lowest BCUT2D eigenvalue weighted by molar-refractivity contribution is -0.942. The van der Waals surface area contributed by atoms with Crippen LogP contribution >= 0.6 is 11.6 Å². The van der Waals surface area contributed by atoms with E-state index in [1.54, 1.807) is 4.90 Å². The summed E-state index contributed by atoms with van der Waals surface area (Å²) in [5, 5.41) is 2.07. The van der Waals surface area contributed by atoms with Crippen LogP contribution in [0.1, 0.15) is 33.3 Å². The number of aromatic nitrogens is 1. The van der Waals surface area contributed by atoms with Crippen LogP contribution in [0.15, 0.2) is 24.4 Å². The van der Waals surface area contributed by atoms with Crippen molar-refractivity contribution in [2.75, 3.05) is 6.54 Å². The van der Waals surface area contributed by atoms with Gasteiger partial charge in [0.25, 0.3) is 0 Å². The molecular formula is C16H24ClN2+. The minimum atomic E-state index is 0.661. The number of H-pyrrole nitrogens is 1. The van der Waals surface area contributed by atoms with Crippen LogP contribution in [0, 0.1) is 0 Å². The fourth-order valence-electron chi connectivity index (χ4n) is 2.88. The first kappa shape index (κ1) is 14.4. The summed E-state index contributed by atoms with van der Waals surface area (Å²) in [6.45, 7) is 10.3. The molecule has 3 heteroatoms. The minimum Gasteiger partial charge on any atom is -0.361 e. The molecule has 2 N–H and O–H groups in total. The second-order valence-electron chi connectivity index (χ2n) is 5.89. The van der Waals surface area contributed by atoms with Crippen molar-refractivity contribution in [3.8, 4) is 0 Å². The van der Waals surface area contributed by atoms with Crippen molar-refractivity contribution in [3.63, 3.8) is 0 Å². The van der Waals surface area contributed by atoms with Gasteiger partial charge in [-0.3, -0.25) is 0 Å². The highest BCUT2D eigenvalue weighted by atomic mass is 35.5. The number of quaternary nitrogens is 1. The molecule has 0 aliphatic heterocycles. The summed E-state index contributed by atoms with van der Waals surface area (Å²) in [7, 11) is 0. The van der Waals surface area contributed by atoms with Crippen molar-refractivity contribution in [1.82, 2.24) is 4.98 Å². The van der Waals surface area contributed by atoms with E-state index in [2.05, 4.69) is 51.0 Å². The molecule has 0 atom stereocenters. The molecule has 104 valence electrons. The maximum Gasteiger partial charge on any atom is 0.0819 e. The number of aromatic amines is 1. The normalized spacial score (nSPS) is 12.2. The van der Waals surface area contributed by atoms with Gasteiger partial charge in [-0.15, -0.1) is 0 Å². The first-order chi connectivity index (χ1) is 8.99. The summed E-state index contributed by atoms with van der Waals surface area (Å²) in [5.74, 6) is 0. The van der Waals surface area contributed by atoms with Gasteiger partial charge >= 0.3 is 0 Å². The molecule has 0 aliphatic rings. The third-order valence-electron chi connectivity index (χ3n) is 3.90. The zero-order valence-corrected chi connectivity index (χ0v) is 13.0. The fourth-order valence-corrected chi connectivity index (χ4v) is 3.05. The molecule has 1 aromatic heterocycles. The standard InChI is InChI=1S/C16H23ClN2/c1-11(2)19(12(3)4)8-7-13-10-18-16-6-5-14(17)9-15(13)16/h5-6,9-12,18H,7-8H2,1-4H3/p+1. The van der Waals surface area contributed by atoms with Crippen molar-refractivity contribution in [1.29, 1.82) is 0 Å². The Balaban J connectivity index is 2.15. The van der Waals surface area contributed by atoms with Gasteiger partial charge in [-0.1, -0.05) is 11.6 Å². The maximum atomic E-state index is 6.09. The fraction of sp³-hybridized carbons (Fsp3) is 0.500. The van der Waals surface area contributed by atoms with Crippen LogP contribution in [0.2, 0.25) is 5.02 Å². The number of fused-ring (bicyclic) bond motifs is 1. The smallest absolute Gasteiger partial charge is 0.0819 e. The van der Waals surface area contributed by atoms with Crippen molar-refractivity contribution in [2.24, 2.45) is 0 Å². The van der Waals surface area contributed by atoms with E-state index in [0.717, 1.165) is 18.0 Å². The van der Waals surface area contributed by atoms with E-state index >= 15 is 0 Å². The van der Waals surface area contributed by atoms with Gasteiger partial charge < -0.3 is 9.88 Å². The molecule has 0 spiro atoms. The number of benzene rings is 1. The lowest BCUT2D eigenvalue weighted by Gasteiger charge is -2.27. The lowest BCUT2D eigenvalue weighted by atomic mass is 10.1. The number of nitrogens with one attached hydrogen (secondary N) is 2. The van der Waals surface area contributed by atoms with E-state index in [9.17, 15) is 0 Å². The van der Waals surface area contributed by atoms with E-state index in [1.807, 2.05) is 6.07 Å². The van der Waals surface area contributed by atoms with Crippen LogP contribution in [0.4, 0.5) is 0 Å². The van der Waals surface area contributed by atoms with E-state index < -0.39 is 0 Å². The number of halogens is 1. The third-order valence-corrected chi connectivity index (χ3v) is 4.13. The average molecular weight is 280 g/mol. The molecule has 1 heterocycles. The minimum absolute atomic E-state index is 0.661. The summed E-state index contributed by atoms with van der Waals surface area (Å²) < 4.78 is 0. The molecule has 1 aromatic carbocycles. The predicted molar refractivity (Wildman–Crippen MR) is 83.1 cm³/mol. The lowest BCUT2D eigenvalue weighted by Crippen LogP contribution is -3.18. The second-order valence-corrected chi connectivity index (χ2v) is 6.32. The van der Waals surface area contributed by atoms with E-state index in [-0.39, 0.29) is 0 Å². The van der Waals surface area contributed by atoms with Crippen LogP contribution in [0.3, 0.4) is 0 Å². The predicted octanol–water partition coefficient (Wildman–Crippen LogP) is 3.07. The van der Waals surface area contributed by atoms with E-state index in [4.69, 9.17) is 11.6 Å². The molecule has 0 fully saturated rings. The highest BCUT2D eigenvalue weighted by molar-refractivity contribution is 6.31. The number of rotatable bonds is 5. The van der Waals surface area contributed by atoms with Gasteiger partial charge in [0.2, 0.25) is 0 Å². The first-order valence-corrected chi connectivity index (χ1v) is 7.48. The highest BCUT2D eigenvalue weighted by Crippen LogP contribution is 2.22. The summed E-state index contributed by atoms with van der Waals surface area (Å²) in [5.41, 5.74) is 2.55. The Bertz CT molecular complexity index is 535. The van der Waals surface area contributed by atoms with Gasteiger partial charge in [-0.05, 0) is 51.5 Å². The number of hydrogen-bond donors (Lipinski definition) is 2. The molecule has 2 rings (SSSR count). The molecule has 0 saturated heterocycles. The molecule has 0 radical (unpaired) electrons. The third kappa shape index (κ3) is 3.31. The molecule has 0 aliphatic carbocycles. The monoisotopic (exact) mass is 279 g/mol. The zero-order valence-electron chi connectivity index (χ0n) is 12.3. The van der Waals surface area contributed by atoms with Crippen LogP contribution in [0.5, 0.6) is 0 Å². The topological polar surface area (TPSA) is 20.2 Å². The summed E-state index contributed by atoms with van der Waals surface area (Å²) in [4.78, 5) is 4.98. The SMILES string of the molecule is CC(C)[NH+](CCc1c[nH]c2ccc(Cl)cc12)C(C)C.